The lowest BCUT2D eigenvalue weighted by molar-refractivity contribution is 0.0697. The van der Waals surface area contributed by atoms with Gasteiger partial charge in [-0.25, -0.2) is 9.78 Å². The van der Waals surface area contributed by atoms with Crippen molar-refractivity contribution in [3.8, 4) is 0 Å². The molecule has 1 aliphatic carbocycles. The Balaban J connectivity index is 2.16. The van der Waals surface area contributed by atoms with Crippen molar-refractivity contribution in [2.75, 3.05) is 0 Å². The monoisotopic (exact) mass is 258 g/mol. The number of hydrogen-bond acceptors (Lipinski definition) is 2. The van der Waals surface area contributed by atoms with E-state index in [1.54, 1.807) is 12.1 Å². The fraction of sp³-hybridized carbons (Fsp3) is 0.467. The molecule has 100 valence electrons. The molecule has 1 heterocycles. The Morgan fingerprint density at radius 1 is 1.53 bits per heavy atom. The molecule has 4 heteroatoms. The molecule has 0 bridgehead atoms. The smallest absolute Gasteiger partial charge is 0.335 e. The van der Waals surface area contributed by atoms with E-state index in [1.807, 2.05) is 6.07 Å². The molecule has 1 fully saturated rings. The molecule has 1 atom stereocenters. The number of carboxylic acid groups (broad SMARTS) is 1. The molecule has 3 rings (SSSR count). The SMILES string of the molecule is CCc1nc2cc(C(=O)O)ccc2n1C(C)C1CC1. The lowest BCUT2D eigenvalue weighted by Gasteiger charge is -2.16. The average molecular weight is 258 g/mol. The Kier molecular flexibility index (Phi) is 2.81. The fourth-order valence-electron chi connectivity index (χ4n) is 2.77. The van der Waals surface area contributed by atoms with E-state index in [-0.39, 0.29) is 0 Å². The molecule has 0 saturated heterocycles. The summed E-state index contributed by atoms with van der Waals surface area (Å²) >= 11 is 0. The van der Waals surface area contributed by atoms with Gasteiger partial charge < -0.3 is 9.67 Å². The van der Waals surface area contributed by atoms with Crippen LogP contribution in [0.15, 0.2) is 18.2 Å². The summed E-state index contributed by atoms with van der Waals surface area (Å²) in [6.07, 6.45) is 3.45. The summed E-state index contributed by atoms with van der Waals surface area (Å²) in [7, 11) is 0. The molecule has 0 radical (unpaired) electrons. The molecule has 0 spiro atoms. The summed E-state index contributed by atoms with van der Waals surface area (Å²) in [6.45, 7) is 4.33. The number of carboxylic acids is 1. The molecule has 1 saturated carbocycles. The van der Waals surface area contributed by atoms with E-state index in [1.165, 1.54) is 12.8 Å². The maximum absolute atomic E-state index is 11.0. The largest absolute Gasteiger partial charge is 0.478 e. The van der Waals surface area contributed by atoms with Crippen molar-refractivity contribution in [1.82, 2.24) is 9.55 Å². The lowest BCUT2D eigenvalue weighted by atomic mass is 10.1. The summed E-state index contributed by atoms with van der Waals surface area (Å²) in [4.78, 5) is 15.6. The molecule has 0 amide bonds. The van der Waals surface area contributed by atoms with Crippen LogP contribution in [0.1, 0.15) is 48.9 Å². The van der Waals surface area contributed by atoms with Crippen LogP contribution in [0.3, 0.4) is 0 Å². The van der Waals surface area contributed by atoms with Crippen molar-refractivity contribution in [2.24, 2.45) is 5.92 Å². The van der Waals surface area contributed by atoms with Gasteiger partial charge in [-0.3, -0.25) is 0 Å². The third kappa shape index (κ3) is 2.01. The van der Waals surface area contributed by atoms with E-state index in [2.05, 4.69) is 23.4 Å². The molecule has 2 aromatic rings. The fourth-order valence-corrected chi connectivity index (χ4v) is 2.77. The van der Waals surface area contributed by atoms with Gasteiger partial charge in [-0.1, -0.05) is 6.92 Å². The van der Waals surface area contributed by atoms with Crippen molar-refractivity contribution in [1.29, 1.82) is 0 Å². The number of carbonyl (C=O) groups is 1. The number of aromatic nitrogens is 2. The van der Waals surface area contributed by atoms with E-state index in [4.69, 9.17) is 5.11 Å². The van der Waals surface area contributed by atoms with Gasteiger partial charge in [-0.2, -0.15) is 0 Å². The molecular formula is C15H18N2O2. The van der Waals surface area contributed by atoms with E-state index in [0.29, 0.717) is 11.6 Å². The molecular weight excluding hydrogens is 240 g/mol. The first kappa shape index (κ1) is 12.2. The lowest BCUT2D eigenvalue weighted by Crippen LogP contribution is -2.10. The van der Waals surface area contributed by atoms with Gasteiger partial charge in [0.1, 0.15) is 5.82 Å². The van der Waals surface area contributed by atoms with Gasteiger partial charge >= 0.3 is 5.97 Å². The van der Waals surface area contributed by atoms with Gasteiger partial charge in [-0.15, -0.1) is 0 Å². The summed E-state index contributed by atoms with van der Waals surface area (Å²) in [5.74, 6) is 0.906. The first-order valence-corrected chi connectivity index (χ1v) is 6.86. The van der Waals surface area contributed by atoms with Crippen LogP contribution in [0.5, 0.6) is 0 Å². The van der Waals surface area contributed by atoms with Crippen molar-refractivity contribution in [3.63, 3.8) is 0 Å². The Hall–Kier alpha value is -1.84. The van der Waals surface area contributed by atoms with Crippen molar-refractivity contribution in [2.45, 2.75) is 39.2 Å². The van der Waals surface area contributed by atoms with Gasteiger partial charge in [0.15, 0.2) is 0 Å². The van der Waals surface area contributed by atoms with Crippen LogP contribution in [0.2, 0.25) is 0 Å². The first-order valence-electron chi connectivity index (χ1n) is 6.86. The minimum absolute atomic E-state index is 0.305. The zero-order chi connectivity index (χ0) is 13.6. The molecule has 1 aromatic carbocycles. The number of rotatable bonds is 4. The van der Waals surface area contributed by atoms with Gasteiger partial charge in [0.05, 0.1) is 16.6 Å². The molecule has 4 nitrogen and oxygen atoms in total. The van der Waals surface area contributed by atoms with Gasteiger partial charge in [0.25, 0.3) is 0 Å². The number of hydrogen-bond donors (Lipinski definition) is 1. The van der Waals surface area contributed by atoms with Crippen molar-refractivity contribution >= 4 is 17.0 Å². The second kappa shape index (κ2) is 4.37. The Morgan fingerprint density at radius 3 is 2.84 bits per heavy atom. The number of benzene rings is 1. The zero-order valence-electron chi connectivity index (χ0n) is 11.3. The number of imidazole rings is 1. The summed E-state index contributed by atoms with van der Waals surface area (Å²) < 4.78 is 2.29. The Morgan fingerprint density at radius 2 is 2.26 bits per heavy atom. The molecule has 1 unspecified atom stereocenters. The highest BCUT2D eigenvalue weighted by molar-refractivity contribution is 5.92. The van der Waals surface area contributed by atoms with Crippen molar-refractivity contribution < 1.29 is 9.90 Å². The predicted octanol–water partition coefficient (Wildman–Crippen LogP) is 3.27. The van der Waals surface area contributed by atoms with Crippen LogP contribution in [0.25, 0.3) is 11.0 Å². The number of nitrogens with zero attached hydrogens (tertiary/aromatic N) is 2. The zero-order valence-corrected chi connectivity index (χ0v) is 11.3. The second-order valence-electron chi connectivity index (χ2n) is 5.34. The molecule has 0 aliphatic heterocycles. The number of fused-ring (bicyclic) bond motifs is 1. The highest BCUT2D eigenvalue weighted by atomic mass is 16.4. The van der Waals surface area contributed by atoms with Crippen LogP contribution in [-0.4, -0.2) is 20.6 Å². The average Bonchev–Trinajstić information content (AvgIpc) is 3.17. The second-order valence-corrected chi connectivity index (χ2v) is 5.34. The van der Waals surface area contributed by atoms with Crippen LogP contribution >= 0.6 is 0 Å². The first-order chi connectivity index (χ1) is 9.11. The van der Waals surface area contributed by atoms with Crippen LogP contribution in [-0.2, 0) is 6.42 Å². The maximum Gasteiger partial charge on any atom is 0.335 e. The summed E-state index contributed by atoms with van der Waals surface area (Å²) in [6, 6.07) is 5.69. The van der Waals surface area contributed by atoms with Crippen molar-refractivity contribution in [3.05, 3.63) is 29.6 Å². The van der Waals surface area contributed by atoms with Gasteiger partial charge in [0.2, 0.25) is 0 Å². The highest BCUT2D eigenvalue weighted by Crippen LogP contribution is 2.41. The van der Waals surface area contributed by atoms with Crippen LogP contribution in [0.4, 0.5) is 0 Å². The standard InChI is InChI=1S/C15H18N2O2/c1-3-14-16-12-8-11(15(18)19)6-7-13(12)17(14)9(2)10-4-5-10/h6-10H,3-5H2,1-2H3,(H,18,19). The normalized spacial score (nSPS) is 16.7. The third-order valence-electron chi connectivity index (χ3n) is 4.04. The Bertz CT molecular complexity index is 641. The quantitative estimate of drug-likeness (QED) is 0.915. The number of aromatic carboxylic acids is 1. The predicted molar refractivity (Wildman–Crippen MR) is 73.5 cm³/mol. The van der Waals surface area contributed by atoms with Crippen LogP contribution in [0, 0.1) is 5.92 Å². The summed E-state index contributed by atoms with van der Waals surface area (Å²) in [5.41, 5.74) is 2.16. The number of aryl methyl sites for hydroxylation is 1. The molecule has 1 aliphatic rings. The van der Waals surface area contributed by atoms with Gasteiger partial charge in [0, 0.05) is 12.5 Å². The van der Waals surface area contributed by atoms with Crippen LogP contribution < -0.4 is 0 Å². The van der Waals surface area contributed by atoms with E-state index >= 15 is 0 Å². The van der Waals surface area contributed by atoms with E-state index in [9.17, 15) is 4.79 Å². The molecule has 1 N–H and O–H groups in total. The minimum atomic E-state index is -0.898. The highest BCUT2D eigenvalue weighted by Gasteiger charge is 2.31. The van der Waals surface area contributed by atoms with E-state index in [0.717, 1.165) is 29.2 Å². The Labute approximate surface area is 112 Å². The third-order valence-corrected chi connectivity index (χ3v) is 4.04. The maximum atomic E-state index is 11.0. The topological polar surface area (TPSA) is 55.1 Å². The van der Waals surface area contributed by atoms with Gasteiger partial charge in [-0.05, 0) is 43.9 Å². The molecule has 19 heavy (non-hydrogen) atoms. The van der Waals surface area contributed by atoms with E-state index < -0.39 is 5.97 Å². The summed E-state index contributed by atoms with van der Waals surface area (Å²) in [5, 5.41) is 9.05. The minimum Gasteiger partial charge on any atom is -0.478 e. The molecule has 1 aromatic heterocycles.